The lowest BCUT2D eigenvalue weighted by atomic mass is 10.2. The number of phenols is 1. The zero-order valence-electron chi connectivity index (χ0n) is 15.1. The maximum atomic E-state index is 12.9. The number of ether oxygens (including phenoxy) is 1. The van der Waals surface area contributed by atoms with Gasteiger partial charge in [0.2, 0.25) is 0 Å². The molecule has 0 unspecified atom stereocenters. The Morgan fingerprint density at radius 2 is 1.96 bits per heavy atom. The number of methoxy groups -OCH3 is 1. The van der Waals surface area contributed by atoms with Gasteiger partial charge < -0.3 is 9.84 Å². The van der Waals surface area contributed by atoms with Gasteiger partial charge in [0.05, 0.1) is 21.3 Å². The van der Waals surface area contributed by atoms with E-state index in [0.717, 1.165) is 11.3 Å². The van der Waals surface area contributed by atoms with Crippen LogP contribution in [0.3, 0.4) is 0 Å². The Bertz CT molecular complexity index is 926. The minimum absolute atomic E-state index is 0.00662. The smallest absolute Gasteiger partial charge is 0.266 e. The molecule has 7 heteroatoms. The number of para-hydroxylation sites is 1. The summed E-state index contributed by atoms with van der Waals surface area (Å²) in [7, 11) is 1.50. The highest BCUT2D eigenvalue weighted by atomic mass is 127. The van der Waals surface area contributed by atoms with Crippen molar-refractivity contribution >= 4 is 57.2 Å². The van der Waals surface area contributed by atoms with Gasteiger partial charge in [0.25, 0.3) is 5.91 Å². The largest absolute Gasteiger partial charge is 0.504 e. The molecular weight excluding hydrogens is 475 g/mol. The van der Waals surface area contributed by atoms with Gasteiger partial charge in [-0.25, -0.2) is 4.99 Å². The molecule has 1 heterocycles. The molecule has 0 aromatic heterocycles. The number of phenolic OH excluding ortho intramolecular Hbond substituents is 1. The number of halogens is 1. The van der Waals surface area contributed by atoms with Gasteiger partial charge in [-0.1, -0.05) is 18.2 Å². The monoisotopic (exact) mass is 494 g/mol. The van der Waals surface area contributed by atoms with Crippen LogP contribution in [0.2, 0.25) is 0 Å². The normalized spacial score (nSPS) is 17.4. The summed E-state index contributed by atoms with van der Waals surface area (Å²) in [6.45, 7) is 3.93. The van der Waals surface area contributed by atoms with E-state index in [2.05, 4.69) is 4.99 Å². The zero-order valence-corrected chi connectivity index (χ0v) is 18.1. The number of amides is 1. The number of hydrogen-bond acceptors (Lipinski definition) is 5. The van der Waals surface area contributed by atoms with Crippen molar-refractivity contribution in [2.75, 3.05) is 7.11 Å². The number of thioether (sulfide) groups is 1. The van der Waals surface area contributed by atoms with Crippen LogP contribution < -0.4 is 4.74 Å². The van der Waals surface area contributed by atoms with E-state index >= 15 is 0 Å². The first-order valence-electron chi connectivity index (χ1n) is 8.34. The van der Waals surface area contributed by atoms with E-state index in [1.165, 1.54) is 18.9 Å². The fraction of sp³-hybridized carbons (Fsp3) is 0.200. The second-order valence-electron chi connectivity index (χ2n) is 6.16. The lowest BCUT2D eigenvalue weighted by Crippen LogP contribution is -2.35. The van der Waals surface area contributed by atoms with Crippen molar-refractivity contribution in [2.24, 2.45) is 4.99 Å². The molecule has 0 aliphatic carbocycles. The third-order valence-corrected chi connectivity index (χ3v) is 5.71. The van der Waals surface area contributed by atoms with Crippen molar-refractivity contribution in [2.45, 2.75) is 19.9 Å². The molecule has 0 spiro atoms. The van der Waals surface area contributed by atoms with Crippen LogP contribution in [0, 0.1) is 3.57 Å². The summed E-state index contributed by atoms with van der Waals surface area (Å²) in [4.78, 5) is 19.9. The van der Waals surface area contributed by atoms with Gasteiger partial charge in [-0.3, -0.25) is 9.69 Å². The van der Waals surface area contributed by atoms with Gasteiger partial charge in [-0.05, 0) is 84.1 Å². The molecule has 1 aliphatic rings. The van der Waals surface area contributed by atoms with Crippen LogP contribution >= 0.6 is 34.4 Å². The van der Waals surface area contributed by atoms with Crippen molar-refractivity contribution in [3.8, 4) is 11.5 Å². The van der Waals surface area contributed by atoms with Gasteiger partial charge in [-0.2, -0.15) is 0 Å². The summed E-state index contributed by atoms with van der Waals surface area (Å²) < 4.78 is 5.87. The zero-order chi connectivity index (χ0) is 19.6. The van der Waals surface area contributed by atoms with Crippen LogP contribution in [-0.2, 0) is 4.79 Å². The molecule has 2 aromatic carbocycles. The molecule has 0 radical (unpaired) electrons. The number of nitrogens with zero attached hydrogens (tertiary/aromatic N) is 2. The second-order valence-corrected chi connectivity index (χ2v) is 8.33. The summed E-state index contributed by atoms with van der Waals surface area (Å²) in [5, 5.41) is 10.7. The molecule has 0 saturated carbocycles. The van der Waals surface area contributed by atoms with Crippen molar-refractivity contribution in [1.82, 2.24) is 4.90 Å². The molecule has 0 bridgehead atoms. The number of aliphatic imine (C=N–C) groups is 1. The van der Waals surface area contributed by atoms with E-state index in [1.54, 1.807) is 17.0 Å². The number of carbonyl (C=O) groups excluding carboxylic acids is 1. The highest BCUT2D eigenvalue weighted by molar-refractivity contribution is 14.1. The maximum Gasteiger partial charge on any atom is 0.266 e. The number of hydrogen-bond donors (Lipinski definition) is 1. The summed E-state index contributed by atoms with van der Waals surface area (Å²) in [6.07, 6.45) is 1.81. The Hall–Kier alpha value is -2.00. The molecule has 1 N–H and O–H groups in total. The minimum atomic E-state index is -0.0771. The summed E-state index contributed by atoms with van der Waals surface area (Å²) in [5.74, 6) is 0.399. The molecule has 2 aromatic rings. The molecule has 3 rings (SSSR count). The Labute approximate surface area is 176 Å². The molecule has 1 aliphatic heterocycles. The highest BCUT2D eigenvalue weighted by Gasteiger charge is 2.35. The minimum Gasteiger partial charge on any atom is -0.504 e. The van der Waals surface area contributed by atoms with Gasteiger partial charge >= 0.3 is 0 Å². The van der Waals surface area contributed by atoms with Crippen LogP contribution in [0.25, 0.3) is 6.08 Å². The third-order valence-electron chi connectivity index (χ3n) is 3.90. The molecular formula is C20H19IN2O3S. The average Bonchev–Trinajstić information content (AvgIpc) is 2.94. The molecule has 27 heavy (non-hydrogen) atoms. The Balaban J connectivity index is 2.00. The Kier molecular flexibility index (Phi) is 6.11. The molecule has 1 amide bonds. The molecule has 5 nitrogen and oxygen atoms in total. The quantitative estimate of drug-likeness (QED) is 0.479. The van der Waals surface area contributed by atoms with Crippen molar-refractivity contribution < 1.29 is 14.6 Å². The van der Waals surface area contributed by atoms with Crippen LogP contribution in [-0.4, -0.2) is 34.2 Å². The van der Waals surface area contributed by atoms with E-state index < -0.39 is 0 Å². The first kappa shape index (κ1) is 19.8. The summed E-state index contributed by atoms with van der Waals surface area (Å²) in [5.41, 5.74) is 1.59. The van der Waals surface area contributed by atoms with Gasteiger partial charge in [-0.15, -0.1) is 0 Å². The lowest BCUT2D eigenvalue weighted by Gasteiger charge is -2.19. The lowest BCUT2D eigenvalue weighted by molar-refractivity contribution is -0.123. The number of rotatable bonds is 4. The SMILES string of the molecule is COc1cc(/C=C2/SC(=Nc3ccccc3)N(C(C)C)C2=O)cc(I)c1O. The van der Waals surface area contributed by atoms with Crippen molar-refractivity contribution in [1.29, 1.82) is 0 Å². The van der Waals surface area contributed by atoms with Crippen LogP contribution in [0.5, 0.6) is 11.5 Å². The first-order chi connectivity index (χ1) is 12.9. The van der Waals surface area contributed by atoms with E-state index in [9.17, 15) is 9.90 Å². The Morgan fingerprint density at radius 1 is 1.26 bits per heavy atom. The van der Waals surface area contributed by atoms with Gasteiger partial charge in [0, 0.05) is 6.04 Å². The maximum absolute atomic E-state index is 12.9. The number of benzene rings is 2. The van der Waals surface area contributed by atoms with Crippen LogP contribution in [0.4, 0.5) is 5.69 Å². The van der Waals surface area contributed by atoms with Crippen LogP contribution in [0.15, 0.2) is 52.4 Å². The molecule has 0 atom stereocenters. The molecule has 1 saturated heterocycles. The predicted octanol–water partition coefficient (Wildman–Crippen LogP) is 5.02. The van der Waals surface area contributed by atoms with Gasteiger partial charge in [0.1, 0.15) is 0 Å². The van der Waals surface area contributed by atoms with E-state index in [-0.39, 0.29) is 17.7 Å². The topological polar surface area (TPSA) is 62.1 Å². The number of amidine groups is 1. The van der Waals surface area contributed by atoms with Crippen molar-refractivity contribution in [3.63, 3.8) is 0 Å². The highest BCUT2D eigenvalue weighted by Crippen LogP contribution is 2.38. The van der Waals surface area contributed by atoms with Crippen LogP contribution in [0.1, 0.15) is 19.4 Å². The summed E-state index contributed by atoms with van der Waals surface area (Å²) >= 11 is 3.39. The van der Waals surface area contributed by atoms with Crippen molar-refractivity contribution in [3.05, 3.63) is 56.5 Å². The fourth-order valence-corrected chi connectivity index (χ4v) is 4.36. The van der Waals surface area contributed by atoms with Gasteiger partial charge in [0.15, 0.2) is 16.7 Å². The average molecular weight is 494 g/mol. The third kappa shape index (κ3) is 4.30. The Morgan fingerprint density at radius 3 is 2.59 bits per heavy atom. The predicted molar refractivity (Wildman–Crippen MR) is 118 cm³/mol. The fourth-order valence-electron chi connectivity index (χ4n) is 2.62. The second kappa shape index (κ2) is 8.35. The molecule has 1 fully saturated rings. The standard InChI is InChI=1S/C20H19IN2O3S/c1-12(2)23-19(25)17(27-20(23)22-14-7-5-4-6-8-14)11-13-9-15(21)18(24)16(10-13)26-3/h4-12,24H,1-3H3/b17-11+,22-20?. The molecule has 140 valence electrons. The van der Waals surface area contributed by atoms with E-state index in [4.69, 9.17) is 4.74 Å². The first-order valence-corrected chi connectivity index (χ1v) is 10.2. The van der Waals surface area contributed by atoms with E-state index in [1.807, 2.05) is 72.8 Å². The number of carbonyl (C=O) groups is 1. The summed E-state index contributed by atoms with van der Waals surface area (Å²) in [6, 6.07) is 13.1. The number of aromatic hydroxyl groups is 1. The van der Waals surface area contributed by atoms with E-state index in [0.29, 0.717) is 19.4 Å².